The molecular formula is C29H33N5O4S. The molecule has 3 amide bonds. The summed E-state index contributed by atoms with van der Waals surface area (Å²) in [6, 6.07) is 13.0. The van der Waals surface area contributed by atoms with E-state index >= 15 is 0 Å². The summed E-state index contributed by atoms with van der Waals surface area (Å²) in [5, 5.41) is 12.1. The van der Waals surface area contributed by atoms with Gasteiger partial charge < -0.3 is 21.3 Å². The summed E-state index contributed by atoms with van der Waals surface area (Å²) in [5.41, 5.74) is 2.68. The summed E-state index contributed by atoms with van der Waals surface area (Å²) in [5.74, 6) is -1.42. The zero-order chi connectivity index (χ0) is 27.5. The van der Waals surface area contributed by atoms with E-state index in [0.717, 1.165) is 16.0 Å². The average Bonchev–Trinajstić information content (AvgIpc) is 3.65. The van der Waals surface area contributed by atoms with Crippen LogP contribution in [0.1, 0.15) is 48.5 Å². The van der Waals surface area contributed by atoms with Crippen molar-refractivity contribution in [2.75, 3.05) is 11.9 Å². The summed E-state index contributed by atoms with van der Waals surface area (Å²) in [7, 11) is 0. The number of nitrogens with one attached hydrogen (secondary N) is 4. The van der Waals surface area contributed by atoms with E-state index < -0.39 is 24.0 Å². The van der Waals surface area contributed by atoms with Crippen molar-refractivity contribution in [3.8, 4) is 0 Å². The van der Waals surface area contributed by atoms with E-state index in [9.17, 15) is 19.2 Å². The van der Waals surface area contributed by atoms with Gasteiger partial charge >= 0.3 is 0 Å². The lowest BCUT2D eigenvalue weighted by atomic mass is 9.95. The van der Waals surface area contributed by atoms with E-state index in [4.69, 9.17) is 0 Å². The molecule has 0 bridgehead atoms. The van der Waals surface area contributed by atoms with E-state index in [1.165, 1.54) is 11.3 Å². The van der Waals surface area contributed by atoms with E-state index in [1.807, 2.05) is 62.4 Å². The molecule has 5 rings (SSSR count). The number of fused-ring (bicyclic) bond motifs is 2. The first-order valence-electron chi connectivity index (χ1n) is 13.4. The highest BCUT2D eigenvalue weighted by Gasteiger charge is 2.36. The molecule has 1 unspecified atom stereocenters. The molecule has 2 aliphatic rings. The Morgan fingerprint density at radius 2 is 1.82 bits per heavy atom. The molecule has 9 nitrogen and oxygen atoms in total. The van der Waals surface area contributed by atoms with Crippen LogP contribution in [0.3, 0.4) is 0 Å². The zero-order valence-corrected chi connectivity index (χ0v) is 22.8. The van der Waals surface area contributed by atoms with Crippen molar-refractivity contribution in [1.82, 2.24) is 20.9 Å². The number of Topliss-reactive ketones (excluding diaryl/α,β-unsaturated/α-hetero) is 1. The number of benzene rings is 2. The molecule has 1 aromatic heterocycles. The lowest BCUT2D eigenvalue weighted by Crippen LogP contribution is -2.54. The van der Waals surface area contributed by atoms with E-state index in [-0.39, 0.29) is 40.9 Å². The average molecular weight is 548 g/mol. The van der Waals surface area contributed by atoms with Crippen LogP contribution in [0, 0.1) is 11.8 Å². The van der Waals surface area contributed by atoms with Crippen LogP contribution in [0.15, 0.2) is 48.5 Å². The Balaban J connectivity index is 1.33. The minimum absolute atomic E-state index is 0.119. The molecule has 0 saturated carbocycles. The monoisotopic (exact) mass is 547 g/mol. The second kappa shape index (κ2) is 11.5. The van der Waals surface area contributed by atoms with Gasteiger partial charge in [0.2, 0.25) is 23.5 Å². The van der Waals surface area contributed by atoms with Crippen molar-refractivity contribution < 1.29 is 19.2 Å². The molecule has 3 aromatic rings. The predicted octanol–water partition coefficient (Wildman–Crippen LogP) is 3.06. The van der Waals surface area contributed by atoms with Gasteiger partial charge in [-0.2, -0.15) is 0 Å². The van der Waals surface area contributed by atoms with Gasteiger partial charge in [0.15, 0.2) is 5.01 Å². The van der Waals surface area contributed by atoms with Crippen LogP contribution >= 0.6 is 11.3 Å². The number of ketones is 1. The first kappa shape index (κ1) is 26.8. The van der Waals surface area contributed by atoms with Gasteiger partial charge in [0, 0.05) is 24.6 Å². The smallest absolute Gasteiger partial charge is 0.243 e. The van der Waals surface area contributed by atoms with Gasteiger partial charge in [-0.05, 0) is 48.9 Å². The fourth-order valence-corrected chi connectivity index (χ4v) is 6.18. The van der Waals surface area contributed by atoms with Crippen molar-refractivity contribution in [2.24, 2.45) is 11.8 Å². The molecule has 4 atom stereocenters. The normalized spacial score (nSPS) is 19.7. The number of para-hydroxylation sites is 2. The molecule has 1 saturated heterocycles. The maximum absolute atomic E-state index is 13.7. The van der Waals surface area contributed by atoms with Crippen molar-refractivity contribution >= 4 is 50.7 Å². The topological polar surface area (TPSA) is 129 Å². The molecule has 0 aliphatic carbocycles. The highest BCUT2D eigenvalue weighted by atomic mass is 32.1. The second-order valence-electron chi connectivity index (χ2n) is 10.7. The SMILES string of the molecule is CC(C)C[C@H](NC(=O)C1Cc2ccccc2N1)C(=O)N[C@@H](C[C@@H]1CCNC1=O)C(=O)c1nc2ccccc2s1. The highest BCUT2D eigenvalue weighted by molar-refractivity contribution is 7.20. The summed E-state index contributed by atoms with van der Waals surface area (Å²) < 4.78 is 0.875. The molecule has 204 valence electrons. The van der Waals surface area contributed by atoms with Gasteiger partial charge in [0.25, 0.3) is 0 Å². The van der Waals surface area contributed by atoms with Gasteiger partial charge in [0.1, 0.15) is 12.1 Å². The largest absolute Gasteiger partial charge is 0.373 e. The Kier molecular flexibility index (Phi) is 7.92. The third-order valence-corrected chi connectivity index (χ3v) is 8.30. The van der Waals surface area contributed by atoms with Crippen LogP contribution in [0.4, 0.5) is 5.69 Å². The predicted molar refractivity (Wildman–Crippen MR) is 151 cm³/mol. The Labute approximate surface area is 231 Å². The summed E-state index contributed by atoms with van der Waals surface area (Å²) in [6.45, 7) is 4.49. The van der Waals surface area contributed by atoms with Crippen LogP contribution in [-0.4, -0.2) is 53.2 Å². The van der Waals surface area contributed by atoms with Crippen molar-refractivity contribution in [3.05, 3.63) is 59.1 Å². The van der Waals surface area contributed by atoms with Crippen molar-refractivity contribution in [1.29, 1.82) is 0 Å². The number of rotatable bonds is 10. The van der Waals surface area contributed by atoms with Crippen LogP contribution in [-0.2, 0) is 20.8 Å². The molecule has 2 aromatic carbocycles. The van der Waals surface area contributed by atoms with Gasteiger partial charge in [-0.1, -0.05) is 44.2 Å². The lowest BCUT2D eigenvalue weighted by Gasteiger charge is -2.25. The quantitative estimate of drug-likeness (QED) is 0.289. The first-order chi connectivity index (χ1) is 18.8. The maximum Gasteiger partial charge on any atom is 0.243 e. The Morgan fingerprint density at radius 3 is 2.54 bits per heavy atom. The number of thiazole rings is 1. The molecule has 0 radical (unpaired) electrons. The minimum Gasteiger partial charge on any atom is -0.373 e. The number of amides is 3. The molecule has 3 heterocycles. The maximum atomic E-state index is 13.7. The number of aromatic nitrogens is 1. The van der Waals surface area contributed by atoms with Crippen molar-refractivity contribution in [2.45, 2.75) is 57.7 Å². The Bertz CT molecular complexity index is 1350. The molecule has 2 aliphatic heterocycles. The van der Waals surface area contributed by atoms with Crippen LogP contribution in [0.25, 0.3) is 10.2 Å². The lowest BCUT2D eigenvalue weighted by molar-refractivity contribution is -0.130. The van der Waals surface area contributed by atoms with Crippen molar-refractivity contribution in [3.63, 3.8) is 0 Å². The summed E-state index contributed by atoms with van der Waals surface area (Å²) in [6.07, 6.45) is 1.71. The van der Waals surface area contributed by atoms with Gasteiger partial charge in [0.05, 0.1) is 16.3 Å². The van der Waals surface area contributed by atoms with Crippen LogP contribution < -0.4 is 21.3 Å². The van der Waals surface area contributed by atoms with E-state index in [2.05, 4.69) is 26.3 Å². The molecule has 1 fully saturated rings. The Hall–Kier alpha value is -3.79. The third kappa shape index (κ3) is 6.11. The number of carbonyl (C=O) groups excluding carboxylic acids is 4. The molecule has 4 N–H and O–H groups in total. The molecule has 0 spiro atoms. The van der Waals surface area contributed by atoms with Crippen LogP contribution in [0.5, 0.6) is 0 Å². The Morgan fingerprint density at radius 1 is 1.05 bits per heavy atom. The standard InChI is InChI=1S/C29H33N5O4S/c1-16(2)13-22(33-28(38)23-14-17-7-3-4-8-19(17)31-23)27(37)32-21(15-18-11-12-30-26(18)36)25(35)29-34-20-9-5-6-10-24(20)39-29/h3-10,16,18,21-23,31H,11-15H2,1-2H3,(H,30,36)(H,32,37)(H,33,38)/t18-,21-,22-,23?/m0/s1. The number of carbonyl (C=O) groups is 4. The number of hydrogen-bond donors (Lipinski definition) is 4. The highest BCUT2D eigenvalue weighted by Crippen LogP contribution is 2.27. The van der Waals surface area contributed by atoms with Crippen LogP contribution in [0.2, 0.25) is 0 Å². The van der Waals surface area contributed by atoms with Gasteiger partial charge in [-0.15, -0.1) is 11.3 Å². The first-order valence-corrected chi connectivity index (χ1v) is 14.2. The fraction of sp³-hybridized carbons (Fsp3) is 0.414. The summed E-state index contributed by atoms with van der Waals surface area (Å²) >= 11 is 1.27. The van der Waals surface area contributed by atoms with E-state index in [1.54, 1.807) is 0 Å². The van der Waals surface area contributed by atoms with E-state index in [0.29, 0.717) is 31.3 Å². The number of nitrogens with zero attached hydrogens (tertiary/aromatic N) is 1. The summed E-state index contributed by atoms with van der Waals surface area (Å²) in [4.78, 5) is 57.3. The number of anilines is 1. The van der Waals surface area contributed by atoms with Gasteiger partial charge in [-0.3, -0.25) is 19.2 Å². The fourth-order valence-electron chi connectivity index (χ4n) is 5.22. The van der Waals surface area contributed by atoms with Gasteiger partial charge in [-0.25, -0.2) is 4.98 Å². The number of hydrogen-bond acceptors (Lipinski definition) is 7. The third-order valence-electron chi connectivity index (χ3n) is 7.25. The molecular weight excluding hydrogens is 514 g/mol. The second-order valence-corrected chi connectivity index (χ2v) is 11.7. The minimum atomic E-state index is -0.938. The molecule has 39 heavy (non-hydrogen) atoms. The molecule has 10 heteroatoms. The zero-order valence-electron chi connectivity index (χ0n) is 22.0.